The van der Waals surface area contributed by atoms with Gasteiger partial charge in [-0.25, -0.2) is 9.78 Å². The van der Waals surface area contributed by atoms with Crippen molar-refractivity contribution >= 4 is 57.4 Å². The molecule has 162 valence electrons. The van der Waals surface area contributed by atoms with Crippen LogP contribution in [0.15, 0.2) is 64.9 Å². The molecule has 2 aliphatic rings. The van der Waals surface area contributed by atoms with Gasteiger partial charge in [-0.1, -0.05) is 42.1 Å². The van der Waals surface area contributed by atoms with E-state index in [1.807, 2.05) is 54.6 Å². The molecule has 1 saturated heterocycles. The zero-order valence-corrected chi connectivity index (χ0v) is 18.8. The van der Waals surface area contributed by atoms with Gasteiger partial charge in [-0.15, -0.1) is 11.3 Å². The van der Waals surface area contributed by atoms with Crippen molar-refractivity contribution < 1.29 is 19.1 Å². The number of amides is 2. The van der Waals surface area contributed by atoms with E-state index in [9.17, 15) is 14.4 Å². The van der Waals surface area contributed by atoms with Gasteiger partial charge in [0.2, 0.25) is 11.8 Å². The molecule has 0 radical (unpaired) electrons. The zero-order chi connectivity index (χ0) is 22.3. The summed E-state index contributed by atoms with van der Waals surface area (Å²) in [6.07, 6.45) is 0.709. The van der Waals surface area contributed by atoms with E-state index in [-0.39, 0.29) is 18.4 Å². The lowest BCUT2D eigenvalue weighted by Gasteiger charge is -2.28. The van der Waals surface area contributed by atoms with Crippen LogP contribution in [-0.2, 0) is 25.7 Å². The lowest BCUT2D eigenvalue weighted by molar-refractivity contribution is -0.148. The molecule has 0 unspecified atom stereocenters. The number of carbonyl (C=O) groups excluding carboxylic acids is 3. The number of rotatable bonds is 5. The summed E-state index contributed by atoms with van der Waals surface area (Å²) in [7, 11) is 0. The molecule has 32 heavy (non-hydrogen) atoms. The molecule has 3 aromatic rings. The minimum atomic E-state index is -1.06. The molecule has 5 rings (SSSR count). The molecular weight excluding hydrogens is 446 g/mol. The number of benzene rings is 2. The molecular formula is C23H19N3O4S2. The Bertz CT molecular complexity index is 1210. The number of ether oxygens (including phenoxy) is 1. The standard InChI is InChI=1S/C23H19N3O4S2/c1-15(27)25(17-7-3-2-4-8-17)22-24-16(14-31-22)13-30-21(29)23-12-11-20(28)26(23)18-9-5-6-10-19(18)32-23/h2-10,14H,11-13H2,1H3/t23-/m0/s1. The molecule has 0 aliphatic carbocycles. The number of thioether (sulfide) groups is 1. The number of thiazole rings is 1. The van der Waals surface area contributed by atoms with Crippen LogP contribution in [0.3, 0.4) is 0 Å². The molecule has 0 bridgehead atoms. The molecule has 2 amide bonds. The highest BCUT2D eigenvalue weighted by Gasteiger charge is 2.58. The smallest absolute Gasteiger partial charge is 0.343 e. The van der Waals surface area contributed by atoms with E-state index in [4.69, 9.17) is 4.74 Å². The Labute approximate surface area is 193 Å². The first-order valence-corrected chi connectivity index (χ1v) is 11.8. The Morgan fingerprint density at radius 1 is 1.16 bits per heavy atom. The monoisotopic (exact) mass is 465 g/mol. The number of fused-ring (bicyclic) bond motifs is 3. The molecule has 1 fully saturated rings. The minimum Gasteiger partial charge on any atom is -0.457 e. The topological polar surface area (TPSA) is 79.8 Å². The number of hydrogen-bond acceptors (Lipinski definition) is 7. The van der Waals surface area contributed by atoms with Gasteiger partial charge in [-0.3, -0.25) is 19.4 Å². The van der Waals surface area contributed by atoms with E-state index >= 15 is 0 Å². The highest BCUT2D eigenvalue weighted by Crippen LogP contribution is 2.56. The van der Waals surface area contributed by atoms with Gasteiger partial charge in [-0.2, -0.15) is 0 Å². The molecule has 0 spiro atoms. The molecule has 7 nitrogen and oxygen atoms in total. The molecule has 1 atom stereocenters. The Morgan fingerprint density at radius 3 is 2.69 bits per heavy atom. The van der Waals surface area contributed by atoms with Crippen molar-refractivity contribution in [2.24, 2.45) is 0 Å². The van der Waals surface area contributed by atoms with E-state index in [1.54, 1.807) is 10.3 Å². The van der Waals surface area contributed by atoms with Crippen molar-refractivity contribution in [3.63, 3.8) is 0 Å². The van der Waals surface area contributed by atoms with Gasteiger partial charge in [0.15, 0.2) is 10.0 Å². The first kappa shape index (κ1) is 20.7. The van der Waals surface area contributed by atoms with Crippen LogP contribution in [0.4, 0.5) is 16.5 Å². The summed E-state index contributed by atoms with van der Waals surface area (Å²) in [5, 5.41) is 2.28. The molecule has 3 heterocycles. The summed E-state index contributed by atoms with van der Waals surface area (Å²) in [6.45, 7) is 1.45. The van der Waals surface area contributed by atoms with Gasteiger partial charge in [-0.05, 0) is 24.3 Å². The van der Waals surface area contributed by atoms with Crippen LogP contribution in [0, 0.1) is 0 Å². The summed E-state index contributed by atoms with van der Waals surface area (Å²) in [5.74, 6) is -0.686. The summed E-state index contributed by atoms with van der Waals surface area (Å²) in [5.41, 5.74) is 2.03. The van der Waals surface area contributed by atoms with Crippen LogP contribution in [-0.4, -0.2) is 27.6 Å². The number of hydrogen-bond donors (Lipinski definition) is 0. The van der Waals surface area contributed by atoms with E-state index < -0.39 is 10.8 Å². The fourth-order valence-corrected chi connectivity index (χ4v) is 6.28. The third kappa shape index (κ3) is 3.37. The van der Waals surface area contributed by atoms with E-state index in [1.165, 1.54) is 34.9 Å². The van der Waals surface area contributed by atoms with Crippen molar-refractivity contribution in [2.75, 3.05) is 9.80 Å². The second-order valence-electron chi connectivity index (χ2n) is 7.47. The van der Waals surface area contributed by atoms with Gasteiger partial charge in [0.1, 0.15) is 6.61 Å². The Kier molecular flexibility index (Phi) is 5.22. The van der Waals surface area contributed by atoms with Crippen molar-refractivity contribution in [2.45, 2.75) is 36.1 Å². The average Bonchev–Trinajstić information content (AvgIpc) is 3.47. The lowest BCUT2D eigenvalue weighted by Crippen LogP contribution is -2.47. The lowest BCUT2D eigenvalue weighted by atomic mass is 10.2. The number of para-hydroxylation sites is 2. The van der Waals surface area contributed by atoms with Crippen molar-refractivity contribution in [3.8, 4) is 0 Å². The van der Waals surface area contributed by atoms with Crippen molar-refractivity contribution in [1.29, 1.82) is 0 Å². The Balaban J connectivity index is 1.33. The maximum atomic E-state index is 13.2. The zero-order valence-electron chi connectivity index (χ0n) is 17.2. The Hall–Kier alpha value is -3.17. The van der Waals surface area contributed by atoms with Gasteiger partial charge >= 0.3 is 5.97 Å². The van der Waals surface area contributed by atoms with Crippen LogP contribution in [0.2, 0.25) is 0 Å². The summed E-state index contributed by atoms with van der Waals surface area (Å²) >= 11 is 2.68. The van der Waals surface area contributed by atoms with Gasteiger partial charge in [0.05, 0.1) is 17.1 Å². The normalized spacial score (nSPS) is 18.9. The molecule has 2 aromatic carbocycles. The first-order chi connectivity index (χ1) is 15.5. The van der Waals surface area contributed by atoms with Gasteiger partial charge in [0, 0.05) is 30.0 Å². The molecule has 0 saturated carbocycles. The number of nitrogens with zero attached hydrogens (tertiary/aromatic N) is 3. The van der Waals surface area contributed by atoms with E-state index in [2.05, 4.69) is 4.98 Å². The quantitative estimate of drug-likeness (QED) is 0.516. The second-order valence-corrected chi connectivity index (χ2v) is 9.63. The van der Waals surface area contributed by atoms with Crippen molar-refractivity contribution in [1.82, 2.24) is 4.98 Å². The number of esters is 1. The average molecular weight is 466 g/mol. The van der Waals surface area contributed by atoms with E-state index in [0.717, 1.165) is 16.3 Å². The summed E-state index contributed by atoms with van der Waals surface area (Å²) in [6, 6.07) is 16.8. The predicted molar refractivity (Wildman–Crippen MR) is 123 cm³/mol. The SMILES string of the molecule is CC(=O)N(c1ccccc1)c1nc(COC(=O)[C@@]23CCC(=O)N2c2ccccc2S3)cs1. The third-order valence-corrected chi connectivity index (χ3v) is 7.73. The second kappa shape index (κ2) is 8.07. The summed E-state index contributed by atoms with van der Waals surface area (Å²) in [4.78, 5) is 45.4. The number of aromatic nitrogens is 1. The molecule has 2 aliphatic heterocycles. The number of anilines is 3. The fraction of sp³-hybridized carbons (Fsp3) is 0.217. The first-order valence-electron chi connectivity index (χ1n) is 10.1. The molecule has 0 N–H and O–H groups in total. The van der Waals surface area contributed by atoms with Gasteiger partial charge in [0.25, 0.3) is 0 Å². The summed E-state index contributed by atoms with van der Waals surface area (Å²) < 4.78 is 5.64. The van der Waals surface area contributed by atoms with E-state index in [0.29, 0.717) is 23.7 Å². The van der Waals surface area contributed by atoms with Crippen LogP contribution >= 0.6 is 23.1 Å². The van der Waals surface area contributed by atoms with Crippen LogP contribution in [0.5, 0.6) is 0 Å². The fourth-order valence-electron chi connectivity index (χ4n) is 3.99. The van der Waals surface area contributed by atoms with Crippen LogP contribution in [0.25, 0.3) is 0 Å². The minimum absolute atomic E-state index is 0.0312. The van der Waals surface area contributed by atoms with Gasteiger partial charge < -0.3 is 4.74 Å². The largest absolute Gasteiger partial charge is 0.457 e. The maximum absolute atomic E-state index is 13.2. The third-order valence-electron chi connectivity index (χ3n) is 5.40. The maximum Gasteiger partial charge on any atom is 0.343 e. The number of carbonyl (C=O) groups is 3. The Morgan fingerprint density at radius 2 is 1.91 bits per heavy atom. The predicted octanol–water partition coefficient (Wildman–Crippen LogP) is 4.50. The highest BCUT2D eigenvalue weighted by molar-refractivity contribution is 8.02. The van der Waals surface area contributed by atoms with Crippen molar-refractivity contribution in [3.05, 3.63) is 65.7 Å². The highest BCUT2D eigenvalue weighted by atomic mass is 32.2. The van der Waals surface area contributed by atoms with Crippen LogP contribution in [0.1, 0.15) is 25.5 Å². The molecule has 1 aromatic heterocycles. The molecule has 9 heteroatoms. The van der Waals surface area contributed by atoms with Crippen LogP contribution < -0.4 is 9.80 Å².